The second kappa shape index (κ2) is 5.94. The summed E-state index contributed by atoms with van der Waals surface area (Å²) in [5.41, 5.74) is 2.64. The van der Waals surface area contributed by atoms with Crippen LogP contribution in [-0.4, -0.2) is 39.6 Å². The number of aromatic carboxylic acids is 1. The summed E-state index contributed by atoms with van der Waals surface area (Å²) < 4.78 is 7.03. The fourth-order valence-corrected chi connectivity index (χ4v) is 2.58. The number of rotatable bonds is 5. The average Bonchev–Trinajstić information content (AvgIpc) is 3.17. The van der Waals surface area contributed by atoms with Gasteiger partial charge in [0.25, 0.3) is 0 Å². The summed E-state index contributed by atoms with van der Waals surface area (Å²) in [4.78, 5) is 11.2. The van der Waals surface area contributed by atoms with Crippen LogP contribution in [0.3, 0.4) is 0 Å². The topological polar surface area (TPSA) is 104 Å². The molecule has 0 amide bonds. The number of methoxy groups -OCH3 is 1. The lowest BCUT2D eigenvalue weighted by Crippen LogP contribution is -2.02. The highest BCUT2D eigenvalue weighted by molar-refractivity contribution is 5.97. The predicted molar refractivity (Wildman–Crippen MR) is 83.1 cm³/mol. The molecule has 7 nitrogen and oxygen atoms in total. The quantitative estimate of drug-likeness (QED) is 0.752. The van der Waals surface area contributed by atoms with Crippen LogP contribution < -0.4 is 0 Å². The molecule has 2 N–H and O–H groups in total. The van der Waals surface area contributed by atoms with E-state index < -0.39 is 5.97 Å². The van der Waals surface area contributed by atoms with Crippen molar-refractivity contribution in [1.82, 2.24) is 14.8 Å². The monoisotopic (exact) mass is 310 g/mol. The number of carbonyl (C=O) groups is 1. The first-order valence-corrected chi connectivity index (χ1v) is 6.94. The van der Waals surface area contributed by atoms with Gasteiger partial charge in [-0.2, -0.15) is 10.4 Å². The Morgan fingerprint density at radius 2 is 2.35 bits per heavy atom. The molecular weight excluding hydrogens is 296 g/mol. The lowest BCUT2D eigenvalue weighted by atomic mass is 10.0. The van der Waals surface area contributed by atoms with Crippen molar-refractivity contribution in [2.75, 3.05) is 13.7 Å². The number of ether oxygens (including phenoxy) is 1. The standard InChI is InChI=1S/C16H14N4O3/c1-23-5-4-20-9-11(7-17)12-6-10(2-3-14(12)20)15-13(16(21)22)8-18-19-15/h2-3,6,8-9H,4-5H2,1H3,(H,18,19)(H,21,22). The number of carboxylic acid groups (broad SMARTS) is 1. The first-order chi connectivity index (χ1) is 11.2. The number of hydrogen-bond donors (Lipinski definition) is 2. The second-order valence-electron chi connectivity index (χ2n) is 5.04. The molecule has 0 unspecified atom stereocenters. The van der Waals surface area contributed by atoms with Gasteiger partial charge in [-0.3, -0.25) is 5.10 Å². The molecule has 0 bridgehead atoms. The van der Waals surface area contributed by atoms with E-state index in [2.05, 4.69) is 16.3 Å². The predicted octanol–water partition coefficient (Wildman–Crippen LogP) is 2.25. The summed E-state index contributed by atoms with van der Waals surface area (Å²) in [7, 11) is 1.63. The fourth-order valence-electron chi connectivity index (χ4n) is 2.58. The van der Waals surface area contributed by atoms with E-state index in [9.17, 15) is 15.2 Å². The molecule has 0 atom stereocenters. The Kier molecular flexibility index (Phi) is 3.83. The average molecular weight is 310 g/mol. The highest BCUT2D eigenvalue weighted by atomic mass is 16.5. The van der Waals surface area contributed by atoms with Crippen molar-refractivity contribution in [1.29, 1.82) is 5.26 Å². The minimum absolute atomic E-state index is 0.0988. The van der Waals surface area contributed by atoms with Gasteiger partial charge in [-0.15, -0.1) is 0 Å². The maximum atomic E-state index is 11.2. The Morgan fingerprint density at radius 1 is 1.52 bits per heavy atom. The normalized spacial score (nSPS) is 10.8. The SMILES string of the molecule is COCCn1cc(C#N)c2cc(-c3[nH]ncc3C(=O)O)ccc21. The Bertz CT molecular complexity index is 917. The van der Waals surface area contributed by atoms with E-state index in [4.69, 9.17) is 4.74 Å². The molecule has 2 aromatic heterocycles. The summed E-state index contributed by atoms with van der Waals surface area (Å²) in [6.07, 6.45) is 3.05. The Morgan fingerprint density at radius 3 is 3.04 bits per heavy atom. The molecule has 1 aromatic carbocycles. The largest absolute Gasteiger partial charge is 0.478 e. The van der Waals surface area contributed by atoms with Crippen LogP contribution in [0.4, 0.5) is 0 Å². The number of nitrogens with zero attached hydrogens (tertiary/aromatic N) is 3. The van der Waals surface area contributed by atoms with E-state index in [1.807, 2.05) is 16.7 Å². The Balaban J connectivity index is 2.14. The number of hydrogen-bond acceptors (Lipinski definition) is 4. The number of aromatic nitrogens is 3. The summed E-state index contributed by atoms with van der Waals surface area (Å²) >= 11 is 0. The van der Waals surface area contributed by atoms with Crippen LogP contribution in [-0.2, 0) is 11.3 Å². The van der Waals surface area contributed by atoms with Gasteiger partial charge in [-0.1, -0.05) is 6.07 Å². The van der Waals surface area contributed by atoms with Crippen LogP contribution in [0.25, 0.3) is 22.2 Å². The summed E-state index contributed by atoms with van der Waals surface area (Å²) in [6, 6.07) is 7.66. The molecule has 0 saturated heterocycles. The molecule has 0 spiro atoms. The third-order valence-corrected chi connectivity index (χ3v) is 3.70. The van der Waals surface area contributed by atoms with Crippen LogP contribution in [0.5, 0.6) is 0 Å². The lowest BCUT2D eigenvalue weighted by molar-refractivity contribution is 0.0698. The molecule has 3 rings (SSSR count). The number of benzene rings is 1. The fraction of sp³-hybridized carbons (Fsp3) is 0.188. The van der Waals surface area contributed by atoms with Gasteiger partial charge >= 0.3 is 5.97 Å². The first-order valence-electron chi connectivity index (χ1n) is 6.94. The van der Waals surface area contributed by atoms with Crippen molar-refractivity contribution in [2.24, 2.45) is 0 Å². The molecule has 0 aliphatic rings. The van der Waals surface area contributed by atoms with Crippen LogP contribution in [0.2, 0.25) is 0 Å². The summed E-state index contributed by atoms with van der Waals surface area (Å²) in [5, 5.41) is 25.8. The zero-order valence-electron chi connectivity index (χ0n) is 12.4. The van der Waals surface area contributed by atoms with Gasteiger partial charge < -0.3 is 14.4 Å². The van der Waals surface area contributed by atoms with Crippen molar-refractivity contribution in [3.8, 4) is 17.3 Å². The number of fused-ring (bicyclic) bond motifs is 1. The van der Waals surface area contributed by atoms with Crippen molar-refractivity contribution in [3.63, 3.8) is 0 Å². The van der Waals surface area contributed by atoms with Crippen molar-refractivity contribution < 1.29 is 14.6 Å². The first kappa shape index (κ1) is 14.8. The van der Waals surface area contributed by atoms with Gasteiger partial charge in [-0.25, -0.2) is 4.79 Å². The van der Waals surface area contributed by atoms with Crippen molar-refractivity contribution in [2.45, 2.75) is 6.54 Å². The Hall–Kier alpha value is -3.11. The van der Waals surface area contributed by atoms with Crippen LogP contribution in [0.1, 0.15) is 15.9 Å². The van der Waals surface area contributed by atoms with E-state index in [-0.39, 0.29) is 5.56 Å². The maximum absolute atomic E-state index is 11.2. The molecule has 3 aromatic rings. The zero-order chi connectivity index (χ0) is 16.4. The molecular formula is C16H14N4O3. The third-order valence-electron chi connectivity index (χ3n) is 3.70. The number of nitrogens with one attached hydrogen (secondary N) is 1. The summed E-state index contributed by atoms with van der Waals surface area (Å²) in [5.74, 6) is -1.05. The van der Waals surface area contributed by atoms with Crippen LogP contribution in [0.15, 0.2) is 30.6 Å². The van der Waals surface area contributed by atoms with Crippen LogP contribution in [0, 0.1) is 11.3 Å². The van der Waals surface area contributed by atoms with Gasteiger partial charge in [-0.05, 0) is 12.1 Å². The molecule has 7 heteroatoms. The van der Waals surface area contributed by atoms with Crippen molar-refractivity contribution in [3.05, 3.63) is 41.7 Å². The highest BCUT2D eigenvalue weighted by Crippen LogP contribution is 2.28. The maximum Gasteiger partial charge on any atom is 0.339 e. The molecule has 116 valence electrons. The minimum Gasteiger partial charge on any atom is -0.478 e. The van der Waals surface area contributed by atoms with Gasteiger partial charge in [0.1, 0.15) is 11.6 Å². The smallest absolute Gasteiger partial charge is 0.339 e. The number of nitriles is 1. The van der Waals surface area contributed by atoms with E-state index in [0.29, 0.717) is 30.0 Å². The van der Waals surface area contributed by atoms with E-state index >= 15 is 0 Å². The summed E-state index contributed by atoms with van der Waals surface area (Å²) in [6.45, 7) is 1.18. The van der Waals surface area contributed by atoms with Crippen molar-refractivity contribution >= 4 is 16.9 Å². The second-order valence-corrected chi connectivity index (χ2v) is 5.04. The zero-order valence-corrected chi connectivity index (χ0v) is 12.4. The van der Waals surface area contributed by atoms with E-state index in [1.165, 1.54) is 6.20 Å². The van der Waals surface area contributed by atoms with Gasteiger partial charge in [0, 0.05) is 36.3 Å². The highest BCUT2D eigenvalue weighted by Gasteiger charge is 2.16. The number of H-pyrrole nitrogens is 1. The number of aromatic amines is 1. The van der Waals surface area contributed by atoms with Gasteiger partial charge in [0.15, 0.2) is 0 Å². The van der Waals surface area contributed by atoms with Gasteiger partial charge in [0.2, 0.25) is 0 Å². The molecule has 0 radical (unpaired) electrons. The molecule has 0 aliphatic carbocycles. The third kappa shape index (κ3) is 2.56. The minimum atomic E-state index is -1.05. The molecule has 0 aliphatic heterocycles. The Labute approximate surface area is 131 Å². The van der Waals surface area contributed by atoms with Crippen LogP contribution >= 0.6 is 0 Å². The molecule has 0 saturated carbocycles. The lowest BCUT2D eigenvalue weighted by Gasteiger charge is -2.05. The molecule has 2 heterocycles. The van der Waals surface area contributed by atoms with E-state index in [1.54, 1.807) is 19.4 Å². The molecule has 0 fully saturated rings. The number of carboxylic acids is 1. The van der Waals surface area contributed by atoms with Gasteiger partial charge in [0.05, 0.1) is 24.1 Å². The molecule has 23 heavy (non-hydrogen) atoms. The van der Waals surface area contributed by atoms with E-state index in [0.717, 1.165) is 10.9 Å².